The minimum atomic E-state index is 0.231. The lowest BCUT2D eigenvalue weighted by molar-refractivity contribution is 0.406. The maximum Gasteiger partial charge on any atom is 0.124 e. The third kappa shape index (κ3) is 3.29. The van der Waals surface area contributed by atoms with Crippen LogP contribution in [0.3, 0.4) is 0 Å². The molecule has 2 aromatic heterocycles. The van der Waals surface area contributed by atoms with E-state index in [4.69, 9.17) is 5.73 Å². The molecule has 0 unspecified atom stereocenters. The Hall–Kier alpha value is -1.90. The molecule has 0 saturated carbocycles. The molecule has 0 spiro atoms. The highest BCUT2D eigenvalue weighted by atomic mass is 14.9. The van der Waals surface area contributed by atoms with Gasteiger partial charge in [-0.25, -0.2) is 4.98 Å². The van der Waals surface area contributed by atoms with E-state index in [1.807, 2.05) is 24.3 Å². The fourth-order valence-corrected chi connectivity index (χ4v) is 1.86. The lowest BCUT2D eigenvalue weighted by Gasteiger charge is -2.17. The molecule has 2 rings (SSSR count). The second-order valence-corrected chi connectivity index (χ2v) is 5.70. The minimum Gasteiger partial charge on any atom is -0.384 e. The molecule has 3 nitrogen and oxygen atoms in total. The van der Waals surface area contributed by atoms with Gasteiger partial charge >= 0.3 is 0 Å². The molecule has 0 saturated heterocycles. The molecule has 0 atom stereocenters. The van der Waals surface area contributed by atoms with E-state index in [2.05, 4.69) is 36.8 Å². The summed E-state index contributed by atoms with van der Waals surface area (Å²) < 4.78 is 0. The van der Waals surface area contributed by atoms with Crippen molar-refractivity contribution >= 4 is 5.82 Å². The molecular formula is C15H19N3. The fraction of sp³-hybridized carbons (Fsp3) is 0.333. The number of anilines is 1. The standard InChI is InChI=1S/C15H19N3/c1-15(2,3)10-11-6-4-7-12(17-11)13-8-5-9-14(16)18-13/h4-9H,10H2,1-3H3,(H2,16,18). The number of rotatable bonds is 2. The molecule has 0 fully saturated rings. The number of nitrogens with two attached hydrogens (primary N) is 1. The molecule has 3 heteroatoms. The zero-order valence-corrected chi connectivity index (χ0v) is 11.1. The molecular weight excluding hydrogens is 222 g/mol. The van der Waals surface area contributed by atoms with Crippen LogP contribution in [0.1, 0.15) is 26.5 Å². The predicted molar refractivity (Wildman–Crippen MR) is 75.0 cm³/mol. The van der Waals surface area contributed by atoms with Crippen molar-refractivity contribution < 1.29 is 0 Å². The molecule has 0 aliphatic rings. The second-order valence-electron chi connectivity index (χ2n) is 5.70. The van der Waals surface area contributed by atoms with Crippen LogP contribution in [-0.4, -0.2) is 9.97 Å². The first-order chi connectivity index (χ1) is 8.44. The van der Waals surface area contributed by atoms with Crippen LogP contribution in [0.5, 0.6) is 0 Å². The summed E-state index contributed by atoms with van der Waals surface area (Å²) in [6.45, 7) is 6.63. The summed E-state index contributed by atoms with van der Waals surface area (Å²) in [7, 11) is 0. The predicted octanol–water partition coefficient (Wildman–Crippen LogP) is 3.31. The van der Waals surface area contributed by atoms with Gasteiger partial charge < -0.3 is 5.73 Å². The summed E-state index contributed by atoms with van der Waals surface area (Å²) >= 11 is 0. The zero-order chi connectivity index (χ0) is 13.2. The van der Waals surface area contributed by atoms with E-state index < -0.39 is 0 Å². The molecule has 2 heterocycles. The Labute approximate surface area is 108 Å². The monoisotopic (exact) mass is 241 g/mol. The van der Waals surface area contributed by atoms with E-state index in [1.54, 1.807) is 6.07 Å². The van der Waals surface area contributed by atoms with Gasteiger partial charge in [0.1, 0.15) is 5.82 Å². The Morgan fingerprint density at radius 1 is 0.944 bits per heavy atom. The van der Waals surface area contributed by atoms with E-state index >= 15 is 0 Å². The van der Waals surface area contributed by atoms with Crippen molar-refractivity contribution in [2.24, 2.45) is 5.41 Å². The number of nitrogens with zero attached hydrogens (tertiary/aromatic N) is 2. The second kappa shape index (κ2) is 4.77. The van der Waals surface area contributed by atoms with Crippen molar-refractivity contribution in [1.29, 1.82) is 0 Å². The van der Waals surface area contributed by atoms with Gasteiger partial charge in [-0.3, -0.25) is 4.98 Å². The lowest BCUT2D eigenvalue weighted by atomic mass is 9.90. The summed E-state index contributed by atoms with van der Waals surface area (Å²) in [5.74, 6) is 0.524. The van der Waals surface area contributed by atoms with Crippen LogP contribution >= 0.6 is 0 Å². The zero-order valence-electron chi connectivity index (χ0n) is 11.1. The molecule has 0 bridgehead atoms. The summed E-state index contributed by atoms with van der Waals surface area (Å²) in [5.41, 5.74) is 8.72. The maximum absolute atomic E-state index is 5.70. The molecule has 18 heavy (non-hydrogen) atoms. The van der Waals surface area contributed by atoms with Gasteiger partial charge in [-0.2, -0.15) is 0 Å². The first-order valence-corrected chi connectivity index (χ1v) is 6.13. The molecule has 2 N–H and O–H groups in total. The van der Waals surface area contributed by atoms with Crippen molar-refractivity contribution in [1.82, 2.24) is 9.97 Å². The quantitative estimate of drug-likeness (QED) is 0.877. The van der Waals surface area contributed by atoms with E-state index in [1.165, 1.54) is 0 Å². The van der Waals surface area contributed by atoms with Crippen LogP contribution in [0.2, 0.25) is 0 Å². The van der Waals surface area contributed by atoms with Crippen molar-refractivity contribution in [3.63, 3.8) is 0 Å². The Bertz CT molecular complexity index is 541. The maximum atomic E-state index is 5.70. The molecule has 0 radical (unpaired) electrons. The smallest absolute Gasteiger partial charge is 0.124 e. The van der Waals surface area contributed by atoms with Crippen LogP contribution in [-0.2, 0) is 6.42 Å². The van der Waals surface area contributed by atoms with E-state index in [0.29, 0.717) is 5.82 Å². The molecule has 0 aliphatic heterocycles. The lowest BCUT2D eigenvalue weighted by Crippen LogP contribution is -2.10. The largest absolute Gasteiger partial charge is 0.384 e. The molecule has 0 aromatic carbocycles. The van der Waals surface area contributed by atoms with Gasteiger partial charge in [0.2, 0.25) is 0 Å². The first-order valence-electron chi connectivity index (χ1n) is 6.13. The van der Waals surface area contributed by atoms with E-state index in [9.17, 15) is 0 Å². The Kier molecular flexibility index (Phi) is 3.32. The normalized spacial score (nSPS) is 11.5. The van der Waals surface area contributed by atoms with Gasteiger partial charge in [-0.1, -0.05) is 32.9 Å². The highest BCUT2D eigenvalue weighted by Crippen LogP contribution is 2.21. The third-order valence-electron chi connectivity index (χ3n) is 2.55. The first kappa shape index (κ1) is 12.6. The average molecular weight is 241 g/mol. The summed E-state index contributed by atoms with van der Waals surface area (Å²) in [6.07, 6.45) is 0.948. The fourth-order valence-electron chi connectivity index (χ4n) is 1.86. The van der Waals surface area contributed by atoms with Crippen molar-refractivity contribution in [2.75, 3.05) is 5.73 Å². The van der Waals surface area contributed by atoms with Crippen molar-refractivity contribution in [3.8, 4) is 11.4 Å². The molecule has 0 aliphatic carbocycles. The topological polar surface area (TPSA) is 51.8 Å². The highest BCUT2D eigenvalue weighted by molar-refractivity contribution is 5.56. The average Bonchev–Trinajstić information content (AvgIpc) is 2.27. The Balaban J connectivity index is 2.33. The van der Waals surface area contributed by atoms with Crippen LogP contribution in [0.15, 0.2) is 36.4 Å². The van der Waals surface area contributed by atoms with Gasteiger partial charge in [-0.05, 0) is 36.1 Å². The number of nitrogen functional groups attached to an aromatic ring is 1. The van der Waals surface area contributed by atoms with Crippen molar-refractivity contribution in [2.45, 2.75) is 27.2 Å². The number of aromatic nitrogens is 2. The van der Waals surface area contributed by atoms with E-state index in [-0.39, 0.29) is 5.41 Å². The minimum absolute atomic E-state index is 0.231. The van der Waals surface area contributed by atoms with Gasteiger partial charge in [0, 0.05) is 5.69 Å². The third-order valence-corrected chi connectivity index (χ3v) is 2.55. The number of hydrogen-bond acceptors (Lipinski definition) is 3. The summed E-state index contributed by atoms with van der Waals surface area (Å²) in [5, 5.41) is 0. The summed E-state index contributed by atoms with van der Waals surface area (Å²) in [4.78, 5) is 8.95. The molecule has 94 valence electrons. The molecule has 2 aromatic rings. The number of hydrogen-bond donors (Lipinski definition) is 1. The van der Waals surface area contributed by atoms with E-state index in [0.717, 1.165) is 23.5 Å². The molecule has 0 amide bonds. The SMILES string of the molecule is CC(C)(C)Cc1cccc(-c2cccc(N)n2)n1. The van der Waals surface area contributed by atoms with Crippen LogP contribution in [0, 0.1) is 5.41 Å². The van der Waals surface area contributed by atoms with Crippen LogP contribution in [0.4, 0.5) is 5.82 Å². The van der Waals surface area contributed by atoms with Crippen molar-refractivity contribution in [3.05, 3.63) is 42.1 Å². The number of pyridine rings is 2. The van der Waals surface area contributed by atoms with Gasteiger partial charge in [0.15, 0.2) is 0 Å². The Morgan fingerprint density at radius 3 is 2.17 bits per heavy atom. The summed E-state index contributed by atoms with van der Waals surface area (Å²) in [6, 6.07) is 11.7. The van der Waals surface area contributed by atoms with Gasteiger partial charge in [0.05, 0.1) is 11.4 Å². The van der Waals surface area contributed by atoms with Crippen LogP contribution < -0.4 is 5.73 Å². The highest BCUT2D eigenvalue weighted by Gasteiger charge is 2.12. The van der Waals surface area contributed by atoms with Gasteiger partial charge in [-0.15, -0.1) is 0 Å². The van der Waals surface area contributed by atoms with Gasteiger partial charge in [0.25, 0.3) is 0 Å². The Morgan fingerprint density at radius 2 is 1.56 bits per heavy atom. The van der Waals surface area contributed by atoms with Crippen LogP contribution in [0.25, 0.3) is 11.4 Å².